The molecule has 0 spiro atoms. The Kier molecular flexibility index (Phi) is 6.25. The van der Waals surface area contributed by atoms with Crippen molar-refractivity contribution in [1.29, 1.82) is 0 Å². The van der Waals surface area contributed by atoms with Crippen LogP contribution in [0.5, 0.6) is 5.88 Å². The first-order valence-electron chi connectivity index (χ1n) is 11.6. The molecule has 34 heavy (non-hydrogen) atoms. The minimum atomic E-state index is -0.0442. The van der Waals surface area contributed by atoms with Crippen LogP contribution < -0.4 is 4.74 Å². The number of amides is 1. The molecule has 1 fully saturated rings. The Bertz CT molecular complexity index is 1210. The monoisotopic (exact) mass is 456 g/mol. The predicted octanol–water partition coefficient (Wildman–Crippen LogP) is 4.59. The zero-order valence-corrected chi connectivity index (χ0v) is 19.5. The van der Waals surface area contributed by atoms with E-state index in [9.17, 15) is 4.79 Å². The van der Waals surface area contributed by atoms with Gasteiger partial charge in [-0.25, -0.2) is 4.98 Å². The second kappa shape index (κ2) is 9.63. The number of carbonyl (C=O) groups is 1. The van der Waals surface area contributed by atoms with Crippen LogP contribution >= 0.6 is 0 Å². The van der Waals surface area contributed by atoms with E-state index in [1.54, 1.807) is 32.7 Å². The van der Waals surface area contributed by atoms with E-state index in [-0.39, 0.29) is 5.91 Å². The quantitative estimate of drug-likeness (QED) is 0.551. The zero-order chi connectivity index (χ0) is 23.5. The summed E-state index contributed by atoms with van der Waals surface area (Å²) in [6, 6.07) is 7.47. The van der Waals surface area contributed by atoms with Crippen molar-refractivity contribution in [2.24, 2.45) is 10.9 Å². The number of nitrogens with zero attached hydrogens (tertiary/aromatic N) is 4. The minimum absolute atomic E-state index is 0.0442. The Morgan fingerprint density at radius 1 is 1.12 bits per heavy atom. The predicted molar refractivity (Wildman–Crippen MR) is 131 cm³/mol. The molecule has 3 aliphatic rings. The van der Waals surface area contributed by atoms with Crippen LogP contribution in [0.15, 0.2) is 76.9 Å². The molecule has 3 heterocycles. The van der Waals surface area contributed by atoms with Crippen molar-refractivity contribution >= 4 is 11.6 Å². The highest BCUT2D eigenvalue weighted by Gasteiger charge is 2.30. The molecule has 0 N–H and O–H groups in total. The molecule has 0 saturated heterocycles. The molecular weight excluding hydrogens is 428 g/mol. The van der Waals surface area contributed by atoms with Gasteiger partial charge in [0.05, 0.1) is 19.9 Å². The summed E-state index contributed by atoms with van der Waals surface area (Å²) in [7, 11) is 3.27. The molecule has 0 radical (unpaired) electrons. The summed E-state index contributed by atoms with van der Waals surface area (Å²) in [5.41, 5.74) is 5.43. The molecule has 1 saturated carbocycles. The van der Waals surface area contributed by atoms with E-state index in [0.29, 0.717) is 30.5 Å². The Labute approximate surface area is 199 Å². The molecule has 0 aromatic carbocycles. The number of aromatic nitrogens is 2. The average molecular weight is 457 g/mol. The third-order valence-corrected chi connectivity index (χ3v) is 6.45. The highest BCUT2D eigenvalue weighted by Crippen LogP contribution is 2.33. The lowest BCUT2D eigenvalue weighted by Crippen LogP contribution is -2.35. The molecule has 1 aliphatic heterocycles. The van der Waals surface area contributed by atoms with Crippen molar-refractivity contribution in [2.45, 2.75) is 25.7 Å². The van der Waals surface area contributed by atoms with E-state index in [0.717, 1.165) is 46.7 Å². The summed E-state index contributed by atoms with van der Waals surface area (Å²) < 4.78 is 10.5. The van der Waals surface area contributed by atoms with Crippen LogP contribution in [0.3, 0.4) is 0 Å². The standard InChI is InChI=1S/C27H28N4O3/c1-33-21-8-9-22-20(15-29-24(22)14-21)11-13-31(17-18-5-6-18)27(32)26-23(4-3-12-28-26)19-7-10-25(34-2)30-16-19/h3-4,7-10,12,15-16,18H,5-6,11,13-14,17H2,1-2H3. The fraction of sp³-hybridized carbons (Fsp3) is 0.333. The molecule has 0 atom stereocenters. The van der Waals surface area contributed by atoms with E-state index < -0.39 is 0 Å². The molecule has 7 heteroatoms. The van der Waals surface area contributed by atoms with Gasteiger partial charge in [-0.05, 0) is 55.0 Å². The van der Waals surface area contributed by atoms with Crippen LogP contribution in [-0.4, -0.2) is 53.8 Å². The molecule has 2 aliphatic carbocycles. The van der Waals surface area contributed by atoms with Gasteiger partial charge in [-0.3, -0.25) is 14.8 Å². The number of fused-ring (bicyclic) bond motifs is 1. The molecule has 0 unspecified atom stereocenters. The van der Waals surface area contributed by atoms with E-state index in [1.165, 1.54) is 12.8 Å². The second-order valence-electron chi connectivity index (χ2n) is 8.76. The van der Waals surface area contributed by atoms with Gasteiger partial charge < -0.3 is 14.4 Å². The summed E-state index contributed by atoms with van der Waals surface area (Å²) in [6.07, 6.45) is 13.2. The van der Waals surface area contributed by atoms with Crippen molar-refractivity contribution in [3.8, 4) is 17.0 Å². The number of allylic oxidation sites excluding steroid dienone is 4. The number of methoxy groups -OCH3 is 2. The Morgan fingerprint density at radius 3 is 2.74 bits per heavy atom. The molecule has 5 rings (SSSR count). The third kappa shape index (κ3) is 4.64. The first-order chi connectivity index (χ1) is 16.7. The van der Waals surface area contributed by atoms with Gasteiger partial charge in [0, 0.05) is 60.9 Å². The average Bonchev–Trinajstić information content (AvgIpc) is 3.63. The largest absolute Gasteiger partial charge is 0.501 e. The van der Waals surface area contributed by atoms with Crippen LogP contribution in [0.2, 0.25) is 0 Å². The third-order valence-electron chi connectivity index (χ3n) is 6.45. The number of carbonyl (C=O) groups excluding carboxylic acids is 1. The maximum absolute atomic E-state index is 13.7. The molecule has 174 valence electrons. The smallest absolute Gasteiger partial charge is 0.273 e. The lowest BCUT2D eigenvalue weighted by Gasteiger charge is -2.24. The van der Waals surface area contributed by atoms with Crippen LogP contribution in [-0.2, 0) is 4.74 Å². The van der Waals surface area contributed by atoms with Crippen molar-refractivity contribution in [2.75, 3.05) is 27.3 Å². The summed E-state index contributed by atoms with van der Waals surface area (Å²) in [4.78, 5) is 29.1. The SMILES string of the molecule is COC1=CC=C2C(CCN(CC3CC3)C(=O)c3ncccc3-c3ccc(OC)nc3)=CN=C2C1. The highest BCUT2D eigenvalue weighted by atomic mass is 16.5. The van der Waals surface area contributed by atoms with Crippen molar-refractivity contribution in [3.05, 3.63) is 77.6 Å². The summed E-state index contributed by atoms with van der Waals surface area (Å²) in [5.74, 6) is 1.98. The number of hydrogen-bond donors (Lipinski definition) is 0. The fourth-order valence-corrected chi connectivity index (χ4v) is 4.33. The van der Waals surface area contributed by atoms with Crippen LogP contribution in [0.1, 0.15) is 36.2 Å². The lowest BCUT2D eigenvalue weighted by atomic mass is 9.95. The number of aliphatic imine (C=N–C) groups is 1. The number of rotatable bonds is 9. The van der Waals surface area contributed by atoms with Gasteiger partial charge in [-0.2, -0.15) is 0 Å². The maximum atomic E-state index is 13.7. The van der Waals surface area contributed by atoms with E-state index in [2.05, 4.69) is 21.0 Å². The van der Waals surface area contributed by atoms with Crippen LogP contribution in [0, 0.1) is 5.92 Å². The highest BCUT2D eigenvalue weighted by molar-refractivity contribution is 6.08. The van der Waals surface area contributed by atoms with Crippen molar-refractivity contribution in [3.63, 3.8) is 0 Å². The number of hydrogen-bond acceptors (Lipinski definition) is 6. The van der Waals surface area contributed by atoms with E-state index >= 15 is 0 Å². The first-order valence-corrected chi connectivity index (χ1v) is 11.6. The molecule has 2 aromatic rings. The van der Waals surface area contributed by atoms with Gasteiger partial charge in [0.15, 0.2) is 0 Å². The van der Waals surface area contributed by atoms with Crippen LogP contribution in [0.25, 0.3) is 11.1 Å². The molecule has 1 amide bonds. The van der Waals surface area contributed by atoms with E-state index in [1.807, 2.05) is 35.4 Å². The van der Waals surface area contributed by atoms with Crippen LogP contribution in [0.4, 0.5) is 0 Å². The Balaban J connectivity index is 1.35. The second-order valence-corrected chi connectivity index (χ2v) is 8.76. The number of pyridine rings is 2. The topological polar surface area (TPSA) is 76.9 Å². The first kappa shape index (κ1) is 22.1. The number of ether oxygens (including phenoxy) is 2. The van der Waals surface area contributed by atoms with Gasteiger partial charge >= 0.3 is 0 Å². The Morgan fingerprint density at radius 2 is 2.00 bits per heavy atom. The summed E-state index contributed by atoms with van der Waals surface area (Å²) in [6.45, 7) is 1.38. The van der Waals surface area contributed by atoms with Gasteiger partial charge in [0.2, 0.25) is 5.88 Å². The van der Waals surface area contributed by atoms with Gasteiger partial charge in [-0.15, -0.1) is 0 Å². The van der Waals surface area contributed by atoms with Crippen molar-refractivity contribution in [1.82, 2.24) is 14.9 Å². The summed E-state index contributed by atoms with van der Waals surface area (Å²) >= 11 is 0. The van der Waals surface area contributed by atoms with Gasteiger partial charge in [0.25, 0.3) is 5.91 Å². The fourth-order valence-electron chi connectivity index (χ4n) is 4.33. The molecular formula is C27H28N4O3. The van der Waals surface area contributed by atoms with Gasteiger partial charge in [-0.1, -0.05) is 6.07 Å². The lowest BCUT2D eigenvalue weighted by molar-refractivity contribution is 0.0745. The van der Waals surface area contributed by atoms with E-state index in [4.69, 9.17) is 9.47 Å². The molecule has 7 nitrogen and oxygen atoms in total. The zero-order valence-electron chi connectivity index (χ0n) is 19.5. The normalized spacial score (nSPS) is 16.6. The molecule has 0 bridgehead atoms. The van der Waals surface area contributed by atoms with Gasteiger partial charge in [0.1, 0.15) is 11.5 Å². The van der Waals surface area contributed by atoms with Crippen molar-refractivity contribution < 1.29 is 14.3 Å². The summed E-state index contributed by atoms with van der Waals surface area (Å²) in [5, 5.41) is 0. The molecule has 2 aromatic heterocycles. The Hall–Kier alpha value is -3.74. The maximum Gasteiger partial charge on any atom is 0.273 e. The minimum Gasteiger partial charge on any atom is -0.501 e.